The van der Waals surface area contributed by atoms with Crippen molar-refractivity contribution in [2.24, 2.45) is 0 Å². The van der Waals surface area contributed by atoms with E-state index >= 15 is 0 Å². The van der Waals surface area contributed by atoms with Gasteiger partial charge in [0.05, 0.1) is 14.2 Å². The molecule has 0 saturated heterocycles. The minimum absolute atomic E-state index is 0.656. The third-order valence-electron chi connectivity index (χ3n) is 3.25. The number of aromatic nitrogens is 2. The SMILES string of the molecule is CCc1cc(NC)nc(Cc2ccc(OC)c(OC)c2)n1. The summed E-state index contributed by atoms with van der Waals surface area (Å²) in [6.07, 6.45) is 1.54. The van der Waals surface area contributed by atoms with Crippen molar-refractivity contribution in [1.29, 1.82) is 0 Å². The first-order valence-electron chi connectivity index (χ1n) is 6.95. The van der Waals surface area contributed by atoms with Crippen molar-refractivity contribution in [3.8, 4) is 11.5 Å². The number of hydrogen-bond donors (Lipinski definition) is 1. The van der Waals surface area contributed by atoms with Gasteiger partial charge in [0.2, 0.25) is 0 Å². The predicted molar refractivity (Wildman–Crippen MR) is 83.3 cm³/mol. The van der Waals surface area contributed by atoms with E-state index in [9.17, 15) is 0 Å². The number of nitrogens with one attached hydrogen (secondary N) is 1. The molecule has 112 valence electrons. The molecule has 1 N–H and O–H groups in total. The van der Waals surface area contributed by atoms with Gasteiger partial charge in [-0.1, -0.05) is 13.0 Å². The normalized spacial score (nSPS) is 10.3. The van der Waals surface area contributed by atoms with Crippen molar-refractivity contribution in [3.05, 3.63) is 41.3 Å². The van der Waals surface area contributed by atoms with E-state index in [-0.39, 0.29) is 0 Å². The highest BCUT2D eigenvalue weighted by Crippen LogP contribution is 2.28. The van der Waals surface area contributed by atoms with Crippen molar-refractivity contribution in [3.63, 3.8) is 0 Å². The molecule has 1 aromatic heterocycles. The molecular formula is C16H21N3O2. The number of rotatable bonds is 6. The summed E-state index contributed by atoms with van der Waals surface area (Å²) in [5.41, 5.74) is 2.12. The van der Waals surface area contributed by atoms with Gasteiger partial charge >= 0.3 is 0 Å². The van der Waals surface area contributed by atoms with E-state index in [1.54, 1.807) is 14.2 Å². The van der Waals surface area contributed by atoms with Crippen molar-refractivity contribution in [2.45, 2.75) is 19.8 Å². The number of hydrogen-bond acceptors (Lipinski definition) is 5. The molecule has 0 spiro atoms. The zero-order valence-electron chi connectivity index (χ0n) is 12.9. The third kappa shape index (κ3) is 3.62. The van der Waals surface area contributed by atoms with E-state index < -0.39 is 0 Å². The van der Waals surface area contributed by atoms with Gasteiger partial charge in [-0.2, -0.15) is 0 Å². The summed E-state index contributed by atoms with van der Waals surface area (Å²) < 4.78 is 10.6. The lowest BCUT2D eigenvalue weighted by Crippen LogP contribution is -2.04. The van der Waals surface area contributed by atoms with Crippen LogP contribution in [0.3, 0.4) is 0 Å². The van der Waals surface area contributed by atoms with Crippen molar-refractivity contribution < 1.29 is 9.47 Å². The van der Waals surface area contributed by atoms with Gasteiger partial charge in [0.25, 0.3) is 0 Å². The number of anilines is 1. The van der Waals surface area contributed by atoms with Gasteiger partial charge in [0, 0.05) is 25.2 Å². The number of benzene rings is 1. The molecule has 0 radical (unpaired) electrons. The smallest absolute Gasteiger partial charge is 0.161 e. The first-order valence-corrected chi connectivity index (χ1v) is 6.95. The van der Waals surface area contributed by atoms with E-state index in [1.165, 1.54) is 0 Å². The summed E-state index contributed by atoms with van der Waals surface area (Å²) in [4.78, 5) is 9.07. The summed E-state index contributed by atoms with van der Waals surface area (Å²) in [6.45, 7) is 2.09. The Morgan fingerprint density at radius 2 is 1.81 bits per heavy atom. The third-order valence-corrected chi connectivity index (χ3v) is 3.25. The van der Waals surface area contributed by atoms with Crippen molar-refractivity contribution in [1.82, 2.24) is 9.97 Å². The fourth-order valence-electron chi connectivity index (χ4n) is 2.11. The molecule has 0 amide bonds. The molecule has 0 bridgehead atoms. The molecule has 0 aliphatic rings. The minimum Gasteiger partial charge on any atom is -0.493 e. The maximum absolute atomic E-state index is 5.33. The topological polar surface area (TPSA) is 56.3 Å². The molecular weight excluding hydrogens is 266 g/mol. The first kappa shape index (κ1) is 15.1. The van der Waals surface area contributed by atoms with Gasteiger partial charge < -0.3 is 14.8 Å². The van der Waals surface area contributed by atoms with Crippen LogP contribution >= 0.6 is 0 Å². The molecule has 5 nitrogen and oxygen atoms in total. The zero-order chi connectivity index (χ0) is 15.2. The quantitative estimate of drug-likeness (QED) is 0.885. The standard InChI is InChI=1S/C16H21N3O2/c1-5-12-10-15(17-2)19-16(18-12)9-11-6-7-13(20-3)14(8-11)21-4/h6-8,10H,5,9H2,1-4H3,(H,17,18,19). The Morgan fingerprint density at radius 1 is 1.05 bits per heavy atom. The second kappa shape index (κ2) is 6.92. The highest BCUT2D eigenvalue weighted by molar-refractivity contribution is 5.44. The van der Waals surface area contributed by atoms with Crippen LogP contribution in [0, 0.1) is 0 Å². The highest BCUT2D eigenvalue weighted by atomic mass is 16.5. The molecule has 21 heavy (non-hydrogen) atoms. The van der Waals surface area contributed by atoms with Crippen molar-refractivity contribution in [2.75, 3.05) is 26.6 Å². The van der Waals surface area contributed by atoms with E-state index in [4.69, 9.17) is 9.47 Å². The van der Waals surface area contributed by atoms with Gasteiger partial charge in [0.1, 0.15) is 11.6 Å². The van der Waals surface area contributed by atoms with Crippen molar-refractivity contribution >= 4 is 5.82 Å². The molecule has 0 fully saturated rings. The van der Waals surface area contributed by atoms with E-state index in [0.717, 1.165) is 40.8 Å². The van der Waals surface area contributed by atoms with Crippen LogP contribution in [-0.4, -0.2) is 31.2 Å². The van der Waals surface area contributed by atoms with Gasteiger partial charge in [-0.15, -0.1) is 0 Å². The summed E-state index contributed by atoms with van der Waals surface area (Å²) >= 11 is 0. The molecule has 1 aromatic carbocycles. The van der Waals surface area contributed by atoms with Crippen LogP contribution in [-0.2, 0) is 12.8 Å². The molecule has 2 rings (SSSR count). The molecule has 2 aromatic rings. The van der Waals surface area contributed by atoms with Gasteiger partial charge in [-0.25, -0.2) is 9.97 Å². The Balaban J connectivity index is 2.29. The van der Waals surface area contributed by atoms with E-state index in [0.29, 0.717) is 6.42 Å². The van der Waals surface area contributed by atoms with Crippen LogP contribution < -0.4 is 14.8 Å². The maximum atomic E-state index is 5.33. The Morgan fingerprint density at radius 3 is 2.43 bits per heavy atom. The maximum Gasteiger partial charge on any atom is 0.161 e. The summed E-state index contributed by atoms with van der Waals surface area (Å²) in [5, 5.41) is 3.07. The summed E-state index contributed by atoms with van der Waals surface area (Å²) in [6, 6.07) is 7.83. The lowest BCUT2D eigenvalue weighted by molar-refractivity contribution is 0.354. The number of nitrogens with zero attached hydrogens (tertiary/aromatic N) is 2. The van der Waals surface area contributed by atoms with E-state index in [2.05, 4.69) is 22.2 Å². The van der Waals surface area contributed by atoms with Gasteiger partial charge in [-0.3, -0.25) is 0 Å². The fourth-order valence-corrected chi connectivity index (χ4v) is 2.11. The second-order valence-electron chi connectivity index (χ2n) is 4.63. The highest BCUT2D eigenvalue weighted by Gasteiger charge is 2.08. The second-order valence-corrected chi connectivity index (χ2v) is 4.63. The number of ether oxygens (including phenoxy) is 2. The van der Waals surface area contributed by atoms with Crippen LogP contribution in [0.2, 0.25) is 0 Å². The van der Waals surface area contributed by atoms with Crippen LogP contribution in [0.15, 0.2) is 24.3 Å². The molecule has 1 heterocycles. The fraction of sp³-hybridized carbons (Fsp3) is 0.375. The first-order chi connectivity index (χ1) is 10.2. The lowest BCUT2D eigenvalue weighted by atomic mass is 10.1. The monoisotopic (exact) mass is 287 g/mol. The molecule has 0 aliphatic heterocycles. The molecule has 0 aliphatic carbocycles. The molecule has 5 heteroatoms. The summed E-state index contributed by atoms with van der Waals surface area (Å²) in [5.74, 6) is 3.08. The van der Waals surface area contributed by atoms with Crippen LogP contribution in [0.25, 0.3) is 0 Å². The van der Waals surface area contributed by atoms with E-state index in [1.807, 2.05) is 31.3 Å². The van der Waals surface area contributed by atoms with Gasteiger partial charge in [0.15, 0.2) is 11.5 Å². The molecule has 0 unspecified atom stereocenters. The Kier molecular flexibility index (Phi) is 4.98. The Labute approximate surface area is 125 Å². The zero-order valence-corrected chi connectivity index (χ0v) is 12.9. The average Bonchev–Trinajstić information content (AvgIpc) is 2.54. The van der Waals surface area contributed by atoms with Gasteiger partial charge in [-0.05, 0) is 24.1 Å². The Bertz CT molecular complexity index is 592. The van der Waals surface area contributed by atoms with Crippen LogP contribution in [0.1, 0.15) is 24.0 Å². The minimum atomic E-state index is 0.656. The lowest BCUT2D eigenvalue weighted by Gasteiger charge is -2.10. The largest absolute Gasteiger partial charge is 0.493 e. The molecule has 0 atom stereocenters. The number of aryl methyl sites for hydroxylation is 1. The Hall–Kier alpha value is -2.30. The summed E-state index contributed by atoms with van der Waals surface area (Å²) in [7, 11) is 5.13. The number of methoxy groups -OCH3 is 2. The predicted octanol–water partition coefficient (Wildman–Crippen LogP) is 2.69. The van der Waals surface area contributed by atoms with Crippen LogP contribution in [0.4, 0.5) is 5.82 Å². The average molecular weight is 287 g/mol. The molecule has 0 saturated carbocycles. The van der Waals surface area contributed by atoms with Crippen LogP contribution in [0.5, 0.6) is 11.5 Å².